The lowest BCUT2D eigenvalue weighted by molar-refractivity contribution is 0.0529. The van der Waals surface area contributed by atoms with Gasteiger partial charge < -0.3 is 15.4 Å². The van der Waals surface area contributed by atoms with Gasteiger partial charge in [-0.1, -0.05) is 29.8 Å². The number of nitrogens with two attached hydrogens (primary N) is 1. The lowest BCUT2D eigenvalue weighted by atomic mass is 10.00. The van der Waals surface area contributed by atoms with Crippen molar-refractivity contribution >= 4 is 34.7 Å². The van der Waals surface area contributed by atoms with E-state index in [2.05, 4.69) is 4.90 Å². The fourth-order valence-corrected chi connectivity index (χ4v) is 3.53. The molecule has 6 heteroatoms. The Morgan fingerprint density at radius 3 is 2.39 bits per heavy atom. The Labute approximate surface area is 147 Å². The molecule has 0 atom stereocenters. The van der Waals surface area contributed by atoms with E-state index < -0.39 is 0 Å². The van der Waals surface area contributed by atoms with Crippen molar-refractivity contribution in [2.45, 2.75) is 20.4 Å². The molecule has 0 unspecified atom stereocenters. The fraction of sp³-hybridized carbons (Fsp3) is 0.353. The van der Waals surface area contributed by atoms with Gasteiger partial charge >= 0.3 is 5.97 Å². The maximum atomic E-state index is 12.3. The summed E-state index contributed by atoms with van der Waals surface area (Å²) in [4.78, 5) is 15.5. The fourth-order valence-electron chi connectivity index (χ4n) is 2.33. The number of rotatable bonds is 5. The van der Waals surface area contributed by atoms with Crippen molar-refractivity contribution in [2.24, 2.45) is 0 Å². The number of anilines is 1. The number of hydrogen-bond donors (Lipinski definition) is 1. The van der Waals surface area contributed by atoms with Crippen molar-refractivity contribution in [1.29, 1.82) is 0 Å². The first-order valence-electron chi connectivity index (χ1n) is 7.24. The summed E-state index contributed by atoms with van der Waals surface area (Å²) in [5.41, 5.74) is 9.68. The highest BCUT2D eigenvalue weighted by atomic mass is 35.5. The average Bonchev–Trinajstić information content (AvgIpc) is 2.75. The molecule has 0 aliphatic heterocycles. The van der Waals surface area contributed by atoms with Crippen LogP contribution in [0.1, 0.15) is 27.7 Å². The maximum Gasteiger partial charge on any atom is 0.341 e. The first-order chi connectivity index (χ1) is 10.4. The highest BCUT2D eigenvalue weighted by molar-refractivity contribution is 7.17. The Kier molecular flexibility index (Phi) is 7.06. The van der Waals surface area contributed by atoms with Crippen LogP contribution >= 0.6 is 23.7 Å². The number of carbonyl (C=O) groups excluding carboxylic acids is 1. The number of benzene rings is 1. The summed E-state index contributed by atoms with van der Waals surface area (Å²) in [5, 5.41) is 0.519. The predicted octanol–water partition coefficient (Wildman–Crippen LogP) is 3.97. The number of ether oxygens (including phenoxy) is 1. The SMILES string of the molecule is CCOC(=O)c1c(N)sc(CN(C)C)c1-c1ccc(C)cc1.Cl. The van der Waals surface area contributed by atoms with Gasteiger partial charge in [0.2, 0.25) is 0 Å². The van der Waals surface area contributed by atoms with E-state index in [1.807, 2.05) is 45.3 Å². The number of halogens is 1. The third-order valence-corrected chi connectivity index (χ3v) is 4.29. The van der Waals surface area contributed by atoms with Crippen LogP contribution in [0.5, 0.6) is 0 Å². The number of aryl methyl sites for hydroxylation is 1. The van der Waals surface area contributed by atoms with Crippen molar-refractivity contribution in [3.05, 3.63) is 40.3 Å². The zero-order valence-corrected chi connectivity index (χ0v) is 15.5. The number of nitrogens with zero attached hydrogens (tertiary/aromatic N) is 1. The van der Waals surface area contributed by atoms with Crippen LogP contribution < -0.4 is 5.73 Å². The zero-order valence-electron chi connectivity index (χ0n) is 13.9. The molecule has 23 heavy (non-hydrogen) atoms. The Balaban J connectivity index is 0.00000264. The monoisotopic (exact) mass is 354 g/mol. The molecule has 1 aromatic heterocycles. The summed E-state index contributed by atoms with van der Waals surface area (Å²) < 4.78 is 5.19. The average molecular weight is 355 g/mol. The molecular weight excluding hydrogens is 332 g/mol. The number of hydrogen-bond acceptors (Lipinski definition) is 5. The Hall–Kier alpha value is -1.56. The van der Waals surface area contributed by atoms with Crippen molar-refractivity contribution in [1.82, 2.24) is 4.90 Å². The van der Waals surface area contributed by atoms with Crippen molar-refractivity contribution in [3.8, 4) is 11.1 Å². The van der Waals surface area contributed by atoms with Crippen LogP contribution in [0.15, 0.2) is 24.3 Å². The molecule has 0 radical (unpaired) electrons. The van der Waals surface area contributed by atoms with E-state index >= 15 is 0 Å². The molecule has 0 aliphatic rings. The summed E-state index contributed by atoms with van der Waals surface area (Å²) in [6, 6.07) is 8.13. The van der Waals surface area contributed by atoms with Crippen LogP contribution in [-0.4, -0.2) is 31.6 Å². The number of nitrogen functional groups attached to an aromatic ring is 1. The predicted molar refractivity (Wildman–Crippen MR) is 99.5 cm³/mol. The van der Waals surface area contributed by atoms with Gasteiger partial charge in [0.25, 0.3) is 0 Å². The first kappa shape index (κ1) is 19.5. The molecule has 0 amide bonds. The van der Waals surface area contributed by atoms with E-state index in [9.17, 15) is 4.79 Å². The van der Waals surface area contributed by atoms with Crippen LogP contribution in [0, 0.1) is 6.92 Å². The van der Waals surface area contributed by atoms with Gasteiger partial charge in [0.15, 0.2) is 0 Å². The summed E-state index contributed by atoms with van der Waals surface area (Å²) in [5.74, 6) is -0.350. The van der Waals surface area contributed by atoms with E-state index in [1.165, 1.54) is 16.9 Å². The number of carbonyl (C=O) groups is 1. The molecule has 2 rings (SSSR count). The zero-order chi connectivity index (χ0) is 16.3. The Morgan fingerprint density at radius 2 is 1.87 bits per heavy atom. The second-order valence-electron chi connectivity index (χ2n) is 5.46. The van der Waals surface area contributed by atoms with E-state index in [4.69, 9.17) is 10.5 Å². The minimum absolute atomic E-state index is 0. The van der Waals surface area contributed by atoms with E-state index in [-0.39, 0.29) is 18.4 Å². The minimum Gasteiger partial charge on any atom is -0.462 e. The lowest BCUT2D eigenvalue weighted by Gasteiger charge is -2.12. The summed E-state index contributed by atoms with van der Waals surface area (Å²) >= 11 is 1.46. The largest absolute Gasteiger partial charge is 0.462 e. The Morgan fingerprint density at radius 1 is 1.26 bits per heavy atom. The van der Waals surface area contributed by atoms with Crippen molar-refractivity contribution < 1.29 is 9.53 Å². The molecule has 2 aromatic rings. The maximum absolute atomic E-state index is 12.3. The molecule has 0 aliphatic carbocycles. The van der Waals surface area contributed by atoms with Crippen molar-refractivity contribution in [3.63, 3.8) is 0 Å². The molecular formula is C17H23ClN2O2S. The summed E-state index contributed by atoms with van der Waals surface area (Å²) in [6.07, 6.45) is 0. The van der Waals surface area contributed by atoms with Gasteiger partial charge in [-0.25, -0.2) is 4.79 Å². The summed E-state index contributed by atoms with van der Waals surface area (Å²) in [6.45, 7) is 4.91. The van der Waals surface area contributed by atoms with Crippen molar-refractivity contribution in [2.75, 3.05) is 26.4 Å². The Bertz CT molecular complexity index is 666. The molecule has 0 saturated heterocycles. The van der Waals surface area contributed by atoms with E-state index in [1.54, 1.807) is 6.92 Å². The quantitative estimate of drug-likeness (QED) is 0.825. The van der Waals surface area contributed by atoms with Crippen LogP contribution in [0.4, 0.5) is 5.00 Å². The molecule has 0 saturated carbocycles. The molecule has 1 heterocycles. The highest BCUT2D eigenvalue weighted by Gasteiger charge is 2.24. The molecule has 1 aromatic carbocycles. The van der Waals surface area contributed by atoms with Gasteiger partial charge in [0, 0.05) is 17.0 Å². The van der Waals surface area contributed by atoms with Gasteiger partial charge in [-0.15, -0.1) is 23.7 Å². The first-order valence-corrected chi connectivity index (χ1v) is 8.05. The van der Waals surface area contributed by atoms with E-state index in [0.29, 0.717) is 17.2 Å². The van der Waals surface area contributed by atoms with Crippen LogP contribution in [0.2, 0.25) is 0 Å². The topological polar surface area (TPSA) is 55.6 Å². The molecule has 4 nitrogen and oxygen atoms in total. The van der Waals surface area contributed by atoms with Gasteiger partial charge in [-0.3, -0.25) is 0 Å². The van der Waals surface area contributed by atoms with Gasteiger partial charge in [-0.2, -0.15) is 0 Å². The molecule has 126 valence electrons. The molecule has 0 bridgehead atoms. The third kappa shape index (κ3) is 4.47. The molecule has 2 N–H and O–H groups in total. The number of thiophene rings is 1. The van der Waals surface area contributed by atoms with E-state index in [0.717, 1.165) is 22.5 Å². The summed E-state index contributed by atoms with van der Waals surface area (Å²) in [7, 11) is 4.00. The molecule has 0 spiro atoms. The van der Waals surface area contributed by atoms with Crippen LogP contribution in [0.25, 0.3) is 11.1 Å². The minimum atomic E-state index is -0.350. The highest BCUT2D eigenvalue weighted by Crippen LogP contribution is 2.39. The third-order valence-electron chi connectivity index (χ3n) is 3.29. The van der Waals surface area contributed by atoms with Gasteiger partial charge in [-0.05, 0) is 33.5 Å². The normalized spacial score (nSPS) is 10.5. The number of esters is 1. The standard InChI is InChI=1S/C17H22N2O2S.ClH/c1-5-21-17(20)15-14(12-8-6-11(2)7-9-12)13(10-19(3)4)22-16(15)18;/h6-9H,5,10,18H2,1-4H3;1H. The van der Waals surface area contributed by atoms with Crippen LogP contribution in [0.3, 0.4) is 0 Å². The smallest absolute Gasteiger partial charge is 0.341 e. The lowest BCUT2D eigenvalue weighted by Crippen LogP contribution is -2.11. The van der Waals surface area contributed by atoms with Crippen LogP contribution in [-0.2, 0) is 11.3 Å². The second-order valence-corrected chi connectivity index (χ2v) is 6.60. The molecule has 0 fully saturated rings. The van der Waals surface area contributed by atoms with Gasteiger partial charge in [0.1, 0.15) is 10.6 Å². The van der Waals surface area contributed by atoms with Gasteiger partial charge in [0.05, 0.1) is 6.61 Å². The second kappa shape index (κ2) is 8.34.